The Morgan fingerprint density at radius 2 is 2.05 bits per heavy atom. The van der Waals surface area contributed by atoms with Gasteiger partial charge in [-0.15, -0.1) is 12.4 Å². The molecule has 1 saturated heterocycles. The molecule has 1 aliphatic heterocycles. The Balaban J connectivity index is 0.00000200. The fourth-order valence-corrected chi connectivity index (χ4v) is 2.80. The summed E-state index contributed by atoms with van der Waals surface area (Å²) in [5, 5.41) is 6.45. The summed E-state index contributed by atoms with van der Waals surface area (Å²) in [7, 11) is 0. The second-order valence-electron chi connectivity index (χ2n) is 5.70. The predicted octanol–water partition coefficient (Wildman–Crippen LogP) is 3.30. The molecule has 0 unspecified atom stereocenters. The maximum Gasteiger partial charge on any atom is 0.251 e. The van der Waals surface area contributed by atoms with Crippen molar-refractivity contribution in [1.82, 2.24) is 10.6 Å². The van der Waals surface area contributed by atoms with Crippen LogP contribution in [0.5, 0.6) is 0 Å². The molecule has 0 spiro atoms. The molecular formula is C15H22BrClN2O. The molecule has 1 fully saturated rings. The van der Waals surface area contributed by atoms with Crippen molar-refractivity contribution in [2.24, 2.45) is 5.41 Å². The van der Waals surface area contributed by atoms with E-state index in [-0.39, 0.29) is 23.7 Å². The van der Waals surface area contributed by atoms with Crippen LogP contribution in [0.4, 0.5) is 0 Å². The standard InChI is InChI=1S/C15H21BrN2O.ClH/c1-11-3-4-12(16)9-13(11)14(19)18-10-15(2)5-7-17-8-6-15;/h3-4,9,17H,5-8,10H2,1-2H3,(H,18,19);1H. The Hall–Kier alpha value is -0.580. The molecule has 1 heterocycles. The lowest BCUT2D eigenvalue weighted by Crippen LogP contribution is -2.43. The normalized spacial score (nSPS) is 17.1. The second kappa shape index (κ2) is 7.43. The van der Waals surface area contributed by atoms with Crippen LogP contribution in [-0.4, -0.2) is 25.5 Å². The van der Waals surface area contributed by atoms with Crippen molar-refractivity contribution in [3.63, 3.8) is 0 Å². The first-order chi connectivity index (χ1) is 9.00. The first-order valence-electron chi connectivity index (χ1n) is 6.75. The summed E-state index contributed by atoms with van der Waals surface area (Å²) in [5.41, 5.74) is 1.99. The van der Waals surface area contributed by atoms with Crippen molar-refractivity contribution in [2.45, 2.75) is 26.7 Å². The maximum atomic E-state index is 12.3. The molecule has 0 bridgehead atoms. The fraction of sp³-hybridized carbons (Fsp3) is 0.533. The molecule has 0 atom stereocenters. The van der Waals surface area contributed by atoms with E-state index in [2.05, 4.69) is 33.5 Å². The highest BCUT2D eigenvalue weighted by molar-refractivity contribution is 9.10. The zero-order valence-corrected chi connectivity index (χ0v) is 14.4. The molecule has 1 aromatic carbocycles. The van der Waals surface area contributed by atoms with Crippen LogP contribution in [-0.2, 0) is 0 Å². The highest BCUT2D eigenvalue weighted by atomic mass is 79.9. The van der Waals surface area contributed by atoms with Gasteiger partial charge in [0.2, 0.25) is 0 Å². The summed E-state index contributed by atoms with van der Waals surface area (Å²) in [5.74, 6) is 0.0264. The van der Waals surface area contributed by atoms with E-state index >= 15 is 0 Å². The van der Waals surface area contributed by atoms with Gasteiger partial charge in [0.05, 0.1) is 0 Å². The average Bonchev–Trinajstić information content (AvgIpc) is 2.40. The molecule has 2 N–H and O–H groups in total. The Morgan fingerprint density at radius 1 is 1.40 bits per heavy atom. The molecule has 20 heavy (non-hydrogen) atoms. The van der Waals surface area contributed by atoms with Crippen LogP contribution in [0.3, 0.4) is 0 Å². The van der Waals surface area contributed by atoms with E-state index in [1.807, 2.05) is 25.1 Å². The lowest BCUT2D eigenvalue weighted by molar-refractivity contribution is 0.0921. The molecule has 0 radical (unpaired) electrons. The molecule has 2 rings (SSSR count). The van der Waals surface area contributed by atoms with Crippen molar-refractivity contribution in [2.75, 3.05) is 19.6 Å². The monoisotopic (exact) mass is 360 g/mol. The summed E-state index contributed by atoms with van der Waals surface area (Å²) < 4.78 is 0.941. The number of hydrogen-bond acceptors (Lipinski definition) is 2. The summed E-state index contributed by atoms with van der Waals surface area (Å²) >= 11 is 3.41. The van der Waals surface area contributed by atoms with Gasteiger partial charge >= 0.3 is 0 Å². The quantitative estimate of drug-likeness (QED) is 0.867. The van der Waals surface area contributed by atoms with E-state index in [1.54, 1.807) is 0 Å². The van der Waals surface area contributed by atoms with E-state index < -0.39 is 0 Å². The smallest absolute Gasteiger partial charge is 0.251 e. The van der Waals surface area contributed by atoms with Crippen LogP contribution in [0.1, 0.15) is 35.7 Å². The predicted molar refractivity (Wildman–Crippen MR) is 88.7 cm³/mol. The maximum absolute atomic E-state index is 12.3. The van der Waals surface area contributed by atoms with Gasteiger partial charge in [-0.25, -0.2) is 0 Å². The number of carbonyl (C=O) groups excluding carboxylic acids is 1. The minimum Gasteiger partial charge on any atom is -0.351 e. The van der Waals surface area contributed by atoms with Crippen LogP contribution < -0.4 is 10.6 Å². The number of hydrogen-bond donors (Lipinski definition) is 2. The van der Waals surface area contributed by atoms with E-state index in [0.717, 1.165) is 48.1 Å². The Kier molecular flexibility index (Phi) is 6.49. The topological polar surface area (TPSA) is 41.1 Å². The zero-order valence-electron chi connectivity index (χ0n) is 12.0. The molecule has 112 valence electrons. The number of rotatable bonds is 3. The van der Waals surface area contributed by atoms with Crippen LogP contribution in [0.25, 0.3) is 0 Å². The third-order valence-corrected chi connectivity index (χ3v) is 4.42. The number of piperidine rings is 1. The molecular weight excluding hydrogens is 340 g/mol. The number of aryl methyl sites for hydroxylation is 1. The minimum atomic E-state index is 0. The van der Waals surface area contributed by atoms with Gasteiger partial charge in [0.25, 0.3) is 5.91 Å². The van der Waals surface area contributed by atoms with Gasteiger partial charge in [0.15, 0.2) is 0 Å². The Labute approximate surface area is 135 Å². The molecule has 3 nitrogen and oxygen atoms in total. The lowest BCUT2D eigenvalue weighted by atomic mass is 9.81. The zero-order chi connectivity index (χ0) is 13.9. The summed E-state index contributed by atoms with van der Waals surface area (Å²) in [6, 6.07) is 5.81. The van der Waals surface area contributed by atoms with Crippen LogP contribution in [0.15, 0.2) is 22.7 Å². The van der Waals surface area contributed by atoms with Gasteiger partial charge in [-0.05, 0) is 56.0 Å². The number of halogens is 2. The molecule has 1 aromatic rings. The summed E-state index contributed by atoms with van der Waals surface area (Å²) in [6.07, 6.45) is 2.23. The van der Waals surface area contributed by atoms with Gasteiger partial charge in [-0.1, -0.05) is 28.9 Å². The van der Waals surface area contributed by atoms with Crippen molar-refractivity contribution in [3.8, 4) is 0 Å². The third kappa shape index (κ3) is 4.47. The van der Waals surface area contributed by atoms with Gasteiger partial charge in [-0.2, -0.15) is 0 Å². The van der Waals surface area contributed by atoms with E-state index in [9.17, 15) is 4.79 Å². The average molecular weight is 362 g/mol. The van der Waals surface area contributed by atoms with Crippen molar-refractivity contribution in [3.05, 3.63) is 33.8 Å². The van der Waals surface area contributed by atoms with E-state index in [0.29, 0.717) is 0 Å². The first-order valence-corrected chi connectivity index (χ1v) is 7.55. The fourth-order valence-electron chi connectivity index (χ4n) is 2.43. The number of benzene rings is 1. The van der Waals surface area contributed by atoms with Crippen LogP contribution in [0, 0.1) is 12.3 Å². The first kappa shape index (κ1) is 17.5. The third-order valence-electron chi connectivity index (χ3n) is 3.93. The summed E-state index contributed by atoms with van der Waals surface area (Å²) in [4.78, 5) is 12.3. The second-order valence-corrected chi connectivity index (χ2v) is 6.62. The van der Waals surface area contributed by atoms with Gasteiger partial charge in [0.1, 0.15) is 0 Å². The highest BCUT2D eigenvalue weighted by Crippen LogP contribution is 2.27. The van der Waals surface area contributed by atoms with E-state index in [4.69, 9.17) is 0 Å². The number of carbonyl (C=O) groups is 1. The molecule has 1 amide bonds. The highest BCUT2D eigenvalue weighted by Gasteiger charge is 2.27. The molecule has 0 saturated carbocycles. The number of amides is 1. The SMILES string of the molecule is Cc1ccc(Br)cc1C(=O)NCC1(C)CCNCC1.Cl. The molecule has 1 aliphatic rings. The molecule has 0 aromatic heterocycles. The Bertz CT molecular complexity index is 473. The van der Waals surface area contributed by atoms with Crippen LogP contribution in [0.2, 0.25) is 0 Å². The van der Waals surface area contributed by atoms with Gasteiger partial charge in [0, 0.05) is 16.6 Å². The Morgan fingerprint density at radius 3 is 2.70 bits per heavy atom. The van der Waals surface area contributed by atoms with Crippen molar-refractivity contribution < 1.29 is 4.79 Å². The minimum absolute atomic E-state index is 0. The van der Waals surface area contributed by atoms with Gasteiger partial charge < -0.3 is 10.6 Å². The van der Waals surface area contributed by atoms with Crippen LogP contribution >= 0.6 is 28.3 Å². The molecule has 0 aliphatic carbocycles. The van der Waals surface area contributed by atoms with Crippen molar-refractivity contribution >= 4 is 34.2 Å². The van der Waals surface area contributed by atoms with Crippen molar-refractivity contribution in [1.29, 1.82) is 0 Å². The largest absolute Gasteiger partial charge is 0.351 e. The molecule has 5 heteroatoms. The number of nitrogens with one attached hydrogen (secondary N) is 2. The van der Waals surface area contributed by atoms with Gasteiger partial charge in [-0.3, -0.25) is 4.79 Å². The lowest BCUT2D eigenvalue weighted by Gasteiger charge is -2.34. The van der Waals surface area contributed by atoms with E-state index in [1.165, 1.54) is 0 Å². The summed E-state index contributed by atoms with van der Waals surface area (Å²) in [6.45, 7) is 7.06.